The van der Waals surface area contributed by atoms with E-state index in [1.165, 1.54) is 20.1 Å². The molecule has 0 fully saturated rings. The van der Waals surface area contributed by atoms with Gasteiger partial charge in [0.25, 0.3) is 5.56 Å². The van der Waals surface area contributed by atoms with E-state index in [2.05, 4.69) is 10.4 Å². The van der Waals surface area contributed by atoms with Gasteiger partial charge in [-0.05, 0) is 81.3 Å². The van der Waals surface area contributed by atoms with Crippen LogP contribution >= 0.6 is 11.6 Å². The van der Waals surface area contributed by atoms with E-state index in [-0.39, 0.29) is 23.6 Å². The monoisotopic (exact) mass is 601 g/mol. The number of methoxy groups -OCH3 is 1. The molecule has 0 spiro atoms. The van der Waals surface area contributed by atoms with Crippen molar-refractivity contribution in [3.05, 3.63) is 111 Å². The van der Waals surface area contributed by atoms with Gasteiger partial charge in [0.05, 0.1) is 18.2 Å². The summed E-state index contributed by atoms with van der Waals surface area (Å²) in [5, 5.41) is 7.62. The molecule has 4 aromatic rings. The molecule has 3 aromatic carbocycles. The number of benzene rings is 3. The first-order valence-electron chi connectivity index (χ1n) is 13.5. The number of nitrogens with zero attached hydrogens (tertiary/aromatic N) is 2. The number of esters is 1. The van der Waals surface area contributed by atoms with Gasteiger partial charge in [-0.2, -0.15) is 0 Å². The maximum Gasteiger partial charge on any atom is 0.338 e. The molecule has 0 aliphatic heterocycles. The lowest BCUT2D eigenvalue weighted by atomic mass is 9.98. The zero-order valence-corrected chi connectivity index (χ0v) is 25.3. The van der Waals surface area contributed by atoms with E-state index in [4.69, 9.17) is 21.1 Å². The van der Waals surface area contributed by atoms with Crippen LogP contribution in [-0.2, 0) is 16.0 Å². The number of nitrogens with one attached hydrogen (secondary N) is 1. The molecule has 0 saturated heterocycles. The summed E-state index contributed by atoms with van der Waals surface area (Å²) in [6, 6.07) is 20.4. The highest BCUT2D eigenvalue weighted by Crippen LogP contribution is 2.32. The molecule has 4 rings (SSSR count). The first kappa shape index (κ1) is 31.2. The summed E-state index contributed by atoms with van der Waals surface area (Å²) in [5.41, 5.74) is 1.32. The zero-order chi connectivity index (χ0) is 31.3. The standard InChI is InChI=1S/C33H32ClN3O6/c1-20(38)25-16-13-23(34)18-26(25)27-19-29(39)37(36-31(27)42-5)28(17-21-9-7-6-8-10-21)30(40)35-24-14-11-22(12-15-24)32(41)43-33(2,3)4/h6-16,18-19,28H,17H2,1-5H3,(H,35,40). The van der Waals surface area contributed by atoms with Crippen LogP contribution in [0, 0.1) is 0 Å². The lowest BCUT2D eigenvalue weighted by Gasteiger charge is -2.21. The van der Waals surface area contributed by atoms with Crippen molar-refractivity contribution in [1.29, 1.82) is 0 Å². The molecule has 0 radical (unpaired) electrons. The summed E-state index contributed by atoms with van der Waals surface area (Å²) in [4.78, 5) is 52.0. The average molecular weight is 602 g/mol. The number of hydrogen-bond donors (Lipinski definition) is 1. The van der Waals surface area contributed by atoms with Gasteiger partial charge in [-0.1, -0.05) is 41.9 Å². The zero-order valence-electron chi connectivity index (χ0n) is 24.5. The number of ketones is 1. The summed E-state index contributed by atoms with van der Waals surface area (Å²) < 4.78 is 12.0. The molecule has 9 nitrogen and oxygen atoms in total. The van der Waals surface area contributed by atoms with Gasteiger partial charge in [-0.25, -0.2) is 9.48 Å². The summed E-state index contributed by atoms with van der Waals surface area (Å²) >= 11 is 6.22. The number of anilines is 1. The fourth-order valence-electron chi connectivity index (χ4n) is 4.45. The number of amides is 1. The molecule has 1 amide bonds. The topological polar surface area (TPSA) is 117 Å². The summed E-state index contributed by atoms with van der Waals surface area (Å²) in [7, 11) is 1.39. The van der Waals surface area contributed by atoms with Crippen molar-refractivity contribution >= 4 is 34.9 Å². The molecule has 43 heavy (non-hydrogen) atoms. The van der Waals surface area contributed by atoms with Crippen LogP contribution in [0.3, 0.4) is 0 Å². The van der Waals surface area contributed by atoms with E-state index in [0.29, 0.717) is 27.4 Å². The van der Waals surface area contributed by atoms with E-state index in [0.717, 1.165) is 10.2 Å². The molecule has 222 valence electrons. The Labute approximate surface area is 254 Å². The molecule has 10 heteroatoms. The predicted molar refractivity (Wildman–Crippen MR) is 165 cm³/mol. The molecule has 1 N–H and O–H groups in total. The van der Waals surface area contributed by atoms with Gasteiger partial charge >= 0.3 is 5.97 Å². The maximum absolute atomic E-state index is 13.7. The maximum atomic E-state index is 13.7. The Morgan fingerprint density at radius 3 is 2.23 bits per heavy atom. The number of ether oxygens (including phenoxy) is 2. The molecule has 1 aromatic heterocycles. The number of hydrogen-bond acceptors (Lipinski definition) is 7. The number of rotatable bonds is 9. The highest BCUT2D eigenvalue weighted by atomic mass is 35.5. The number of halogens is 1. The minimum atomic E-state index is -1.07. The number of aromatic nitrogens is 2. The fourth-order valence-corrected chi connectivity index (χ4v) is 4.62. The van der Waals surface area contributed by atoms with Gasteiger partial charge in [0.2, 0.25) is 11.8 Å². The first-order chi connectivity index (χ1) is 20.4. The molecule has 0 aliphatic carbocycles. The Morgan fingerprint density at radius 1 is 0.953 bits per heavy atom. The fraction of sp³-hybridized carbons (Fsp3) is 0.242. The van der Waals surface area contributed by atoms with Crippen molar-refractivity contribution in [2.75, 3.05) is 12.4 Å². The summed E-state index contributed by atoms with van der Waals surface area (Å²) in [6.45, 7) is 6.75. The van der Waals surface area contributed by atoms with Crippen molar-refractivity contribution in [2.24, 2.45) is 0 Å². The second-order valence-electron chi connectivity index (χ2n) is 10.9. The van der Waals surface area contributed by atoms with Crippen LogP contribution in [0.25, 0.3) is 11.1 Å². The van der Waals surface area contributed by atoms with Crippen LogP contribution in [-0.4, -0.2) is 40.2 Å². The quantitative estimate of drug-likeness (QED) is 0.181. The predicted octanol–water partition coefficient (Wildman–Crippen LogP) is 6.15. The van der Waals surface area contributed by atoms with Gasteiger partial charge in [0.1, 0.15) is 11.6 Å². The van der Waals surface area contributed by atoms with Crippen molar-refractivity contribution in [3.63, 3.8) is 0 Å². The van der Waals surface area contributed by atoms with Crippen LogP contribution in [0.2, 0.25) is 5.02 Å². The van der Waals surface area contributed by atoms with Crippen molar-refractivity contribution in [2.45, 2.75) is 45.8 Å². The van der Waals surface area contributed by atoms with Crippen LogP contribution in [0.4, 0.5) is 5.69 Å². The lowest BCUT2D eigenvalue weighted by molar-refractivity contribution is -0.119. The van der Waals surface area contributed by atoms with Crippen LogP contribution in [0.5, 0.6) is 5.88 Å². The van der Waals surface area contributed by atoms with Gasteiger partial charge in [-0.3, -0.25) is 14.4 Å². The summed E-state index contributed by atoms with van der Waals surface area (Å²) in [5.74, 6) is -1.18. The van der Waals surface area contributed by atoms with Crippen LogP contribution in [0.1, 0.15) is 60.0 Å². The molecule has 0 bridgehead atoms. The van der Waals surface area contributed by atoms with Crippen LogP contribution in [0.15, 0.2) is 83.7 Å². The van der Waals surface area contributed by atoms with Gasteiger partial charge < -0.3 is 14.8 Å². The number of carbonyl (C=O) groups excluding carboxylic acids is 3. The van der Waals surface area contributed by atoms with Gasteiger partial charge in [0.15, 0.2) is 5.78 Å². The van der Waals surface area contributed by atoms with E-state index < -0.39 is 29.1 Å². The molecule has 1 atom stereocenters. The summed E-state index contributed by atoms with van der Waals surface area (Å²) in [6.07, 6.45) is 0.147. The average Bonchev–Trinajstić information content (AvgIpc) is 2.95. The normalized spacial score (nSPS) is 11.9. The van der Waals surface area contributed by atoms with Crippen molar-refractivity contribution in [3.8, 4) is 17.0 Å². The Kier molecular flexibility index (Phi) is 9.46. The van der Waals surface area contributed by atoms with E-state index in [1.807, 2.05) is 30.3 Å². The second-order valence-corrected chi connectivity index (χ2v) is 11.3. The van der Waals surface area contributed by atoms with Crippen LogP contribution < -0.4 is 15.6 Å². The minimum Gasteiger partial charge on any atom is -0.480 e. The van der Waals surface area contributed by atoms with E-state index in [1.54, 1.807) is 63.2 Å². The smallest absolute Gasteiger partial charge is 0.338 e. The second kappa shape index (κ2) is 13.0. The molecule has 0 aliphatic rings. The van der Waals surface area contributed by atoms with Crippen molar-refractivity contribution in [1.82, 2.24) is 9.78 Å². The first-order valence-corrected chi connectivity index (χ1v) is 13.9. The molecular formula is C33H32ClN3O6. The Morgan fingerprint density at radius 2 is 1.63 bits per heavy atom. The molecule has 1 unspecified atom stereocenters. The van der Waals surface area contributed by atoms with Crippen molar-refractivity contribution < 1.29 is 23.9 Å². The van der Waals surface area contributed by atoms with E-state index in [9.17, 15) is 19.2 Å². The third-order valence-electron chi connectivity index (χ3n) is 6.42. The highest BCUT2D eigenvalue weighted by Gasteiger charge is 2.27. The Hall–Kier alpha value is -4.76. The third-order valence-corrected chi connectivity index (χ3v) is 6.66. The third kappa shape index (κ3) is 7.75. The Bertz CT molecular complexity index is 1710. The Balaban J connectivity index is 1.72. The number of carbonyl (C=O) groups is 3. The van der Waals surface area contributed by atoms with Gasteiger partial charge in [0, 0.05) is 28.8 Å². The molecule has 1 heterocycles. The minimum absolute atomic E-state index is 0.0388. The largest absolute Gasteiger partial charge is 0.480 e. The molecular weight excluding hydrogens is 570 g/mol. The SMILES string of the molecule is COc1nn(C(Cc2ccccc2)C(=O)Nc2ccc(C(=O)OC(C)(C)C)cc2)c(=O)cc1-c1cc(Cl)ccc1C(C)=O. The van der Waals surface area contributed by atoms with E-state index >= 15 is 0 Å². The highest BCUT2D eigenvalue weighted by molar-refractivity contribution is 6.31. The number of Topliss-reactive ketones (excluding diaryl/α,β-unsaturated/α-hetero) is 1. The molecule has 0 saturated carbocycles. The van der Waals surface area contributed by atoms with Gasteiger partial charge in [-0.15, -0.1) is 5.10 Å². The lowest BCUT2D eigenvalue weighted by Crippen LogP contribution is -2.36.